The molecule has 16 heavy (non-hydrogen) atoms. The molecule has 1 aliphatic rings. The van der Waals surface area contributed by atoms with Crippen LogP contribution in [0.5, 0.6) is 0 Å². The Kier molecular flexibility index (Phi) is 2.02. The van der Waals surface area contributed by atoms with Gasteiger partial charge in [-0.15, -0.1) is 0 Å². The third-order valence-electron chi connectivity index (χ3n) is 3.20. The average Bonchev–Trinajstić information content (AvgIpc) is 2.81. The number of nitrogens with one attached hydrogen (secondary N) is 1. The number of nitrogens with zero attached hydrogens (tertiary/aromatic N) is 1. The molecule has 1 aromatic heterocycles. The number of oxazole rings is 1. The van der Waals surface area contributed by atoms with E-state index in [9.17, 15) is 0 Å². The minimum absolute atomic E-state index is 0.597. The summed E-state index contributed by atoms with van der Waals surface area (Å²) in [7, 11) is 0. The molecular formula is C12H15N3O. The van der Waals surface area contributed by atoms with Crippen LogP contribution in [0.15, 0.2) is 22.6 Å². The predicted octanol–water partition coefficient (Wildman–Crippen LogP) is 2.48. The third kappa shape index (κ3) is 1.71. The third-order valence-corrected chi connectivity index (χ3v) is 3.20. The second kappa shape index (κ2) is 3.40. The SMILES string of the molecule is CC1CC1CNc1nc2cc(N)ccc2o1. The van der Waals surface area contributed by atoms with Crippen molar-refractivity contribution in [2.75, 3.05) is 17.6 Å². The van der Waals surface area contributed by atoms with Gasteiger partial charge < -0.3 is 15.5 Å². The molecule has 0 aliphatic heterocycles. The van der Waals surface area contributed by atoms with E-state index in [0.717, 1.165) is 29.5 Å². The van der Waals surface area contributed by atoms with Crippen molar-refractivity contribution in [3.63, 3.8) is 0 Å². The molecule has 0 amide bonds. The normalized spacial score (nSPS) is 23.6. The molecule has 3 N–H and O–H groups in total. The number of rotatable bonds is 3. The van der Waals surface area contributed by atoms with Crippen molar-refractivity contribution >= 4 is 22.8 Å². The van der Waals surface area contributed by atoms with Crippen molar-refractivity contribution in [3.8, 4) is 0 Å². The molecule has 1 saturated carbocycles. The molecule has 2 aromatic rings. The molecule has 1 aliphatic carbocycles. The average molecular weight is 217 g/mol. The smallest absolute Gasteiger partial charge is 0.295 e. The van der Waals surface area contributed by atoms with Crippen LogP contribution in [0.1, 0.15) is 13.3 Å². The molecular weight excluding hydrogens is 202 g/mol. The van der Waals surface area contributed by atoms with Crippen molar-refractivity contribution in [2.45, 2.75) is 13.3 Å². The molecule has 2 atom stereocenters. The summed E-state index contributed by atoms with van der Waals surface area (Å²) in [6.45, 7) is 3.21. The lowest BCUT2D eigenvalue weighted by Gasteiger charge is -1.97. The van der Waals surface area contributed by atoms with Gasteiger partial charge in [-0.25, -0.2) is 0 Å². The highest BCUT2D eigenvalue weighted by Crippen LogP contribution is 2.37. The molecule has 0 saturated heterocycles. The summed E-state index contributed by atoms with van der Waals surface area (Å²) in [6.07, 6.45) is 1.31. The van der Waals surface area contributed by atoms with E-state index in [0.29, 0.717) is 11.7 Å². The van der Waals surface area contributed by atoms with Crippen molar-refractivity contribution in [3.05, 3.63) is 18.2 Å². The quantitative estimate of drug-likeness (QED) is 0.775. The van der Waals surface area contributed by atoms with Crippen LogP contribution >= 0.6 is 0 Å². The van der Waals surface area contributed by atoms with E-state index in [1.54, 1.807) is 0 Å². The summed E-state index contributed by atoms with van der Waals surface area (Å²) in [5, 5.41) is 3.23. The molecule has 4 heteroatoms. The molecule has 0 radical (unpaired) electrons. The highest BCUT2D eigenvalue weighted by molar-refractivity contribution is 5.78. The van der Waals surface area contributed by atoms with Gasteiger partial charge in [0.15, 0.2) is 5.58 Å². The van der Waals surface area contributed by atoms with Gasteiger partial charge in [0.25, 0.3) is 6.01 Å². The highest BCUT2D eigenvalue weighted by atomic mass is 16.4. The molecule has 0 bridgehead atoms. The summed E-state index contributed by atoms with van der Waals surface area (Å²) in [5.74, 6) is 1.62. The maximum atomic E-state index is 5.68. The standard InChI is InChI=1S/C12H15N3O/c1-7-4-8(7)6-14-12-15-10-5-9(13)2-3-11(10)16-12/h2-3,5,7-8H,4,6,13H2,1H3,(H,14,15). The van der Waals surface area contributed by atoms with Crippen LogP contribution in [0, 0.1) is 11.8 Å². The molecule has 4 nitrogen and oxygen atoms in total. The largest absolute Gasteiger partial charge is 0.424 e. The van der Waals surface area contributed by atoms with Crippen LogP contribution < -0.4 is 11.1 Å². The monoisotopic (exact) mass is 217 g/mol. The first-order valence-corrected chi connectivity index (χ1v) is 5.62. The predicted molar refractivity (Wildman–Crippen MR) is 64.2 cm³/mol. The Balaban J connectivity index is 1.77. The number of anilines is 2. The Morgan fingerprint density at radius 1 is 1.56 bits per heavy atom. The first-order chi connectivity index (χ1) is 7.72. The van der Waals surface area contributed by atoms with Crippen molar-refractivity contribution in [1.29, 1.82) is 0 Å². The zero-order valence-corrected chi connectivity index (χ0v) is 9.23. The summed E-state index contributed by atoms with van der Waals surface area (Å²) in [6, 6.07) is 6.09. The van der Waals surface area contributed by atoms with Crippen LogP contribution in [0.3, 0.4) is 0 Å². The van der Waals surface area contributed by atoms with E-state index in [1.807, 2.05) is 18.2 Å². The molecule has 1 aromatic carbocycles. The minimum atomic E-state index is 0.597. The van der Waals surface area contributed by atoms with E-state index in [4.69, 9.17) is 10.2 Å². The zero-order valence-electron chi connectivity index (χ0n) is 9.23. The van der Waals surface area contributed by atoms with Crippen LogP contribution in [0.2, 0.25) is 0 Å². The number of fused-ring (bicyclic) bond motifs is 1. The summed E-state index contributed by atoms with van der Waals surface area (Å²) >= 11 is 0. The van der Waals surface area contributed by atoms with E-state index < -0.39 is 0 Å². The molecule has 1 fully saturated rings. The Morgan fingerprint density at radius 3 is 3.12 bits per heavy atom. The lowest BCUT2D eigenvalue weighted by molar-refractivity contribution is 0.608. The second-order valence-corrected chi connectivity index (χ2v) is 4.60. The fourth-order valence-corrected chi connectivity index (χ4v) is 1.92. The van der Waals surface area contributed by atoms with E-state index >= 15 is 0 Å². The number of hydrogen-bond acceptors (Lipinski definition) is 4. The van der Waals surface area contributed by atoms with E-state index in [2.05, 4.69) is 17.2 Å². The van der Waals surface area contributed by atoms with E-state index in [1.165, 1.54) is 6.42 Å². The summed E-state index contributed by atoms with van der Waals surface area (Å²) in [5.41, 5.74) is 7.98. The second-order valence-electron chi connectivity index (χ2n) is 4.60. The molecule has 3 rings (SSSR count). The van der Waals surface area contributed by atoms with Crippen LogP contribution in [-0.2, 0) is 0 Å². The molecule has 84 valence electrons. The fourth-order valence-electron chi connectivity index (χ4n) is 1.92. The molecule has 0 spiro atoms. The van der Waals surface area contributed by atoms with Crippen molar-refractivity contribution in [1.82, 2.24) is 4.98 Å². The van der Waals surface area contributed by atoms with Gasteiger partial charge in [0.2, 0.25) is 0 Å². The minimum Gasteiger partial charge on any atom is -0.424 e. The maximum absolute atomic E-state index is 5.68. The Morgan fingerprint density at radius 2 is 2.38 bits per heavy atom. The topological polar surface area (TPSA) is 64.1 Å². The lowest BCUT2D eigenvalue weighted by Crippen LogP contribution is -2.04. The van der Waals surface area contributed by atoms with Crippen LogP contribution in [-0.4, -0.2) is 11.5 Å². The number of hydrogen-bond donors (Lipinski definition) is 2. The Labute approximate surface area is 93.8 Å². The van der Waals surface area contributed by atoms with Gasteiger partial charge >= 0.3 is 0 Å². The van der Waals surface area contributed by atoms with Crippen molar-refractivity contribution < 1.29 is 4.42 Å². The molecule has 2 unspecified atom stereocenters. The Hall–Kier alpha value is -1.71. The Bertz CT molecular complexity index is 520. The summed E-state index contributed by atoms with van der Waals surface area (Å²) in [4.78, 5) is 4.34. The highest BCUT2D eigenvalue weighted by Gasteiger charge is 2.32. The van der Waals surface area contributed by atoms with Gasteiger partial charge in [0, 0.05) is 12.2 Å². The maximum Gasteiger partial charge on any atom is 0.295 e. The van der Waals surface area contributed by atoms with Crippen LogP contribution in [0.25, 0.3) is 11.1 Å². The number of benzene rings is 1. The number of nitrogen functional groups attached to an aromatic ring is 1. The fraction of sp³-hybridized carbons (Fsp3) is 0.417. The first kappa shape index (κ1) is 9.51. The van der Waals surface area contributed by atoms with Crippen LogP contribution in [0.4, 0.5) is 11.7 Å². The zero-order chi connectivity index (χ0) is 11.1. The molecule has 1 heterocycles. The van der Waals surface area contributed by atoms with Gasteiger partial charge in [-0.3, -0.25) is 0 Å². The van der Waals surface area contributed by atoms with Gasteiger partial charge in [-0.1, -0.05) is 6.92 Å². The van der Waals surface area contributed by atoms with Gasteiger partial charge in [-0.2, -0.15) is 4.98 Å². The number of aromatic nitrogens is 1. The van der Waals surface area contributed by atoms with E-state index in [-0.39, 0.29) is 0 Å². The van der Waals surface area contributed by atoms with Gasteiger partial charge in [0.1, 0.15) is 5.52 Å². The van der Waals surface area contributed by atoms with Gasteiger partial charge in [-0.05, 0) is 36.5 Å². The summed E-state index contributed by atoms with van der Waals surface area (Å²) < 4.78 is 5.56. The van der Waals surface area contributed by atoms with Gasteiger partial charge in [0.05, 0.1) is 0 Å². The van der Waals surface area contributed by atoms with Crippen molar-refractivity contribution in [2.24, 2.45) is 11.8 Å². The first-order valence-electron chi connectivity index (χ1n) is 5.62. The number of nitrogens with two attached hydrogens (primary N) is 1. The lowest BCUT2D eigenvalue weighted by atomic mass is 10.3.